The Balaban J connectivity index is 1.41. The number of halogens is 1. The van der Waals surface area contributed by atoms with Gasteiger partial charge in [0.25, 0.3) is 0 Å². The lowest BCUT2D eigenvalue weighted by atomic mass is 10.1. The second-order valence-electron chi connectivity index (χ2n) is 7.33. The molecule has 2 fully saturated rings. The van der Waals surface area contributed by atoms with Gasteiger partial charge in [-0.1, -0.05) is 43.0 Å². The molecule has 0 bridgehead atoms. The van der Waals surface area contributed by atoms with Crippen LogP contribution >= 0.6 is 11.6 Å². The van der Waals surface area contributed by atoms with Crippen LogP contribution in [0.25, 0.3) is 0 Å². The fraction of sp³-hybridized carbons (Fsp3) is 0.650. The van der Waals surface area contributed by atoms with Crippen molar-refractivity contribution in [2.75, 3.05) is 45.8 Å². The second kappa shape index (κ2) is 9.56. The zero-order valence-electron chi connectivity index (χ0n) is 15.1. The Hall–Kier alpha value is -1.10. The largest absolute Gasteiger partial charge is 0.342 e. The quantitative estimate of drug-likeness (QED) is 0.821. The fourth-order valence-corrected chi connectivity index (χ4v) is 3.87. The Morgan fingerprint density at radius 1 is 0.800 bits per heavy atom. The monoisotopic (exact) mass is 363 g/mol. The van der Waals surface area contributed by atoms with E-state index in [1.54, 1.807) is 0 Å². The highest BCUT2D eigenvalue weighted by molar-refractivity contribution is 6.30. The predicted molar refractivity (Wildman–Crippen MR) is 103 cm³/mol. The van der Waals surface area contributed by atoms with Gasteiger partial charge in [0.2, 0.25) is 5.91 Å². The van der Waals surface area contributed by atoms with E-state index >= 15 is 0 Å². The molecule has 0 spiro atoms. The molecule has 0 unspecified atom stereocenters. The molecule has 2 aliphatic rings. The summed E-state index contributed by atoms with van der Waals surface area (Å²) < 4.78 is 0. The number of amides is 1. The molecule has 2 heterocycles. The molecule has 138 valence electrons. The number of carbonyl (C=O) groups excluding carboxylic acids is 1. The van der Waals surface area contributed by atoms with Crippen molar-refractivity contribution in [3.63, 3.8) is 0 Å². The molecule has 5 heteroatoms. The molecule has 3 rings (SSSR count). The molecule has 4 nitrogen and oxygen atoms in total. The maximum absolute atomic E-state index is 12.6. The van der Waals surface area contributed by atoms with Crippen LogP contribution in [0.4, 0.5) is 0 Å². The van der Waals surface area contributed by atoms with Gasteiger partial charge in [0.15, 0.2) is 0 Å². The maximum atomic E-state index is 12.6. The van der Waals surface area contributed by atoms with Crippen LogP contribution in [0.1, 0.15) is 37.7 Å². The smallest absolute Gasteiger partial charge is 0.236 e. The Morgan fingerprint density at radius 3 is 2.00 bits per heavy atom. The minimum absolute atomic E-state index is 0.327. The van der Waals surface area contributed by atoms with E-state index in [0.717, 1.165) is 50.8 Å². The number of benzene rings is 1. The van der Waals surface area contributed by atoms with Crippen LogP contribution in [0.3, 0.4) is 0 Å². The molecule has 1 aromatic carbocycles. The third kappa shape index (κ3) is 5.98. The number of piperazine rings is 1. The Labute approximate surface area is 156 Å². The molecule has 0 radical (unpaired) electrons. The summed E-state index contributed by atoms with van der Waals surface area (Å²) in [5, 5.41) is 0.788. The van der Waals surface area contributed by atoms with Crippen LogP contribution in [0, 0.1) is 0 Å². The van der Waals surface area contributed by atoms with Gasteiger partial charge in [0, 0.05) is 50.8 Å². The Kier molecular flexibility index (Phi) is 7.14. The normalized spacial score (nSPS) is 20.9. The minimum Gasteiger partial charge on any atom is -0.342 e. The van der Waals surface area contributed by atoms with Crippen molar-refractivity contribution in [3.8, 4) is 0 Å². The Bertz CT molecular complexity index is 532. The van der Waals surface area contributed by atoms with Gasteiger partial charge in [-0.25, -0.2) is 0 Å². The summed E-state index contributed by atoms with van der Waals surface area (Å²) in [5.74, 6) is 0.327. The summed E-state index contributed by atoms with van der Waals surface area (Å²) in [6.07, 6.45) is 6.21. The van der Waals surface area contributed by atoms with Crippen LogP contribution in [0.2, 0.25) is 5.02 Å². The SMILES string of the molecule is O=C(CN1CCN(Cc2ccc(Cl)cc2)CC1)N1CCCCCCC1. The first kappa shape index (κ1) is 18.7. The van der Waals surface area contributed by atoms with E-state index in [0.29, 0.717) is 12.5 Å². The molecule has 25 heavy (non-hydrogen) atoms. The predicted octanol–water partition coefficient (Wildman–Crippen LogP) is 3.25. The van der Waals surface area contributed by atoms with Gasteiger partial charge in [-0.2, -0.15) is 0 Å². The molecule has 0 aliphatic carbocycles. The Morgan fingerprint density at radius 2 is 1.36 bits per heavy atom. The zero-order valence-corrected chi connectivity index (χ0v) is 15.9. The molecule has 0 aromatic heterocycles. The van der Waals surface area contributed by atoms with E-state index in [1.165, 1.54) is 37.7 Å². The van der Waals surface area contributed by atoms with Gasteiger partial charge in [0.1, 0.15) is 0 Å². The first-order valence-electron chi connectivity index (χ1n) is 9.68. The molecule has 2 aliphatic heterocycles. The van der Waals surface area contributed by atoms with E-state index in [1.807, 2.05) is 12.1 Å². The van der Waals surface area contributed by atoms with E-state index in [4.69, 9.17) is 11.6 Å². The van der Waals surface area contributed by atoms with Crippen LogP contribution in [0.15, 0.2) is 24.3 Å². The van der Waals surface area contributed by atoms with E-state index in [-0.39, 0.29) is 0 Å². The van der Waals surface area contributed by atoms with Crippen molar-refractivity contribution in [2.45, 2.75) is 38.6 Å². The molecule has 0 saturated carbocycles. The second-order valence-corrected chi connectivity index (χ2v) is 7.76. The zero-order chi connectivity index (χ0) is 17.5. The van der Waals surface area contributed by atoms with Crippen molar-refractivity contribution in [2.24, 2.45) is 0 Å². The highest BCUT2D eigenvalue weighted by atomic mass is 35.5. The topological polar surface area (TPSA) is 26.8 Å². The van der Waals surface area contributed by atoms with Gasteiger partial charge >= 0.3 is 0 Å². The van der Waals surface area contributed by atoms with Gasteiger partial charge in [-0.3, -0.25) is 14.6 Å². The van der Waals surface area contributed by atoms with Crippen molar-refractivity contribution >= 4 is 17.5 Å². The highest BCUT2D eigenvalue weighted by Gasteiger charge is 2.22. The van der Waals surface area contributed by atoms with Crippen molar-refractivity contribution in [1.82, 2.24) is 14.7 Å². The summed E-state index contributed by atoms with van der Waals surface area (Å²) in [5.41, 5.74) is 1.30. The van der Waals surface area contributed by atoms with Gasteiger partial charge in [-0.15, -0.1) is 0 Å². The van der Waals surface area contributed by atoms with Crippen molar-refractivity contribution in [1.29, 1.82) is 0 Å². The number of nitrogens with zero attached hydrogens (tertiary/aromatic N) is 3. The van der Waals surface area contributed by atoms with Gasteiger partial charge in [0.05, 0.1) is 6.54 Å². The summed E-state index contributed by atoms with van der Waals surface area (Å²) in [6, 6.07) is 8.10. The average molecular weight is 364 g/mol. The molecule has 0 atom stereocenters. The summed E-state index contributed by atoms with van der Waals surface area (Å²) in [4.78, 5) is 19.5. The number of rotatable bonds is 4. The summed E-state index contributed by atoms with van der Waals surface area (Å²) >= 11 is 5.95. The summed E-state index contributed by atoms with van der Waals surface area (Å²) in [6.45, 7) is 7.47. The van der Waals surface area contributed by atoms with E-state index in [2.05, 4.69) is 26.8 Å². The number of hydrogen-bond acceptors (Lipinski definition) is 3. The first-order valence-corrected chi connectivity index (χ1v) is 10.1. The standard InChI is InChI=1S/C20H30ClN3O/c21-19-8-6-18(7-9-19)16-22-12-14-23(15-13-22)17-20(25)24-10-4-2-1-3-5-11-24/h6-9H,1-5,10-17H2. The minimum atomic E-state index is 0.327. The number of carbonyl (C=O) groups is 1. The molecule has 0 N–H and O–H groups in total. The molecule has 1 aromatic rings. The lowest BCUT2D eigenvalue weighted by Crippen LogP contribution is -2.50. The molecule has 1 amide bonds. The lowest BCUT2D eigenvalue weighted by Gasteiger charge is -2.35. The first-order chi connectivity index (χ1) is 12.2. The highest BCUT2D eigenvalue weighted by Crippen LogP contribution is 2.14. The van der Waals surface area contributed by atoms with Crippen molar-refractivity contribution < 1.29 is 4.79 Å². The fourth-order valence-electron chi connectivity index (χ4n) is 3.74. The molecular weight excluding hydrogens is 334 g/mol. The van der Waals surface area contributed by atoms with Crippen LogP contribution in [-0.2, 0) is 11.3 Å². The maximum Gasteiger partial charge on any atom is 0.236 e. The van der Waals surface area contributed by atoms with Crippen LogP contribution in [-0.4, -0.2) is 66.4 Å². The number of likely N-dealkylation sites (tertiary alicyclic amines) is 1. The molecular formula is C20H30ClN3O. The number of hydrogen-bond donors (Lipinski definition) is 0. The third-order valence-electron chi connectivity index (χ3n) is 5.35. The lowest BCUT2D eigenvalue weighted by molar-refractivity contribution is -0.133. The van der Waals surface area contributed by atoms with Crippen molar-refractivity contribution in [3.05, 3.63) is 34.9 Å². The van der Waals surface area contributed by atoms with Gasteiger partial charge in [-0.05, 0) is 30.5 Å². The average Bonchev–Trinajstić information content (AvgIpc) is 2.58. The van der Waals surface area contributed by atoms with E-state index < -0.39 is 0 Å². The van der Waals surface area contributed by atoms with Gasteiger partial charge < -0.3 is 4.90 Å². The molecule has 2 saturated heterocycles. The van der Waals surface area contributed by atoms with Crippen LogP contribution < -0.4 is 0 Å². The summed E-state index contributed by atoms with van der Waals surface area (Å²) in [7, 11) is 0. The third-order valence-corrected chi connectivity index (χ3v) is 5.60. The van der Waals surface area contributed by atoms with E-state index in [9.17, 15) is 4.79 Å². The van der Waals surface area contributed by atoms with Crippen LogP contribution in [0.5, 0.6) is 0 Å².